The Morgan fingerprint density at radius 2 is 2.11 bits per heavy atom. The molecule has 0 saturated carbocycles. The number of aliphatic hydroxyl groups excluding tert-OH is 1. The van der Waals surface area contributed by atoms with Gasteiger partial charge < -0.3 is 10.4 Å². The molecule has 2 rings (SSSR count). The van der Waals surface area contributed by atoms with Crippen LogP contribution >= 0.6 is 27.3 Å². The Balaban J connectivity index is 1.88. The largest absolute Gasteiger partial charge is 0.387 e. The number of halogens is 3. The molecule has 6 heteroatoms. The topological polar surface area (TPSA) is 32.3 Å². The summed E-state index contributed by atoms with van der Waals surface area (Å²) in [5.41, 5.74) is 1.18. The van der Waals surface area contributed by atoms with Crippen molar-refractivity contribution in [2.45, 2.75) is 12.6 Å². The summed E-state index contributed by atoms with van der Waals surface area (Å²) >= 11 is 4.94. The number of rotatable bonds is 5. The number of hydrogen-bond donors (Lipinski definition) is 2. The van der Waals surface area contributed by atoms with Gasteiger partial charge in [-0.3, -0.25) is 0 Å². The van der Waals surface area contributed by atoms with Gasteiger partial charge in [0.05, 0.1) is 9.89 Å². The number of hydrogen-bond acceptors (Lipinski definition) is 3. The summed E-state index contributed by atoms with van der Waals surface area (Å²) in [6.45, 7) is 0.790. The molecule has 0 radical (unpaired) electrons. The van der Waals surface area contributed by atoms with Crippen LogP contribution in [0.25, 0.3) is 0 Å². The second-order valence-corrected chi connectivity index (χ2v) is 6.36. The predicted octanol–water partition coefficient (Wildman–Crippen LogP) is 3.61. The molecule has 1 aromatic carbocycles. The number of aliphatic hydroxyl groups is 1. The molecule has 102 valence electrons. The van der Waals surface area contributed by atoms with Crippen molar-refractivity contribution in [3.05, 3.63) is 56.2 Å². The van der Waals surface area contributed by atoms with Gasteiger partial charge in [-0.05, 0) is 39.0 Å². The molecule has 1 aromatic heterocycles. The van der Waals surface area contributed by atoms with Gasteiger partial charge in [-0.1, -0.05) is 6.07 Å². The van der Waals surface area contributed by atoms with Gasteiger partial charge in [0.25, 0.3) is 0 Å². The molecule has 0 aliphatic carbocycles. The van der Waals surface area contributed by atoms with Crippen molar-refractivity contribution >= 4 is 27.3 Å². The number of nitrogens with one attached hydrogen (secondary N) is 1. The van der Waals surface area contributed by atoms with Gasteiger partial charge >= 0.3 is 0 Å². The fraction of sp³-hybridized carbons (Fsp3) is 0.231. The van der Waals surface area contributed by atoms with Crippen molar-refractivity contribution in [3.63, 3.8) is 0 Å². The van der Waals surface area contributed by atoms with Crippen molar-refractivity contribution in [3.8, 4) is 0 Å². The lowest BCUT2D eigenvalue weighted by Gasteiger charge is -2.12. The predicted molar refractivity (Wildman–Crippen MR) is 75.0 cm³/mol. The third-order valence-corrected chi connectivity index (χ3v) is 4.16. The number of thiophene rings is 1. The highest BCUT2D eigenvalue weighted by Gasteiger charge is 2.13. The first kappa shape index (κ1) is 14.6. The van der Waals surface area contributed by atoms with Crippen molar-refractivity contribution in [1.82, 2.24) is 5.32 Å². The van der Waals surface area contributed by atoms with Crippen LogP contribution in [0.4, 0.5) is 8.78 Å². The molecule has 2 N–H and O–H groups in total. The maximum atomic E-state index is 13.4. The Kier molecular flexibility index (Phi) is 5.04. The zero-order valence-corrected chi connectivity index (χ0v) is 12.3. The molecule has 0 fully saturated rings. The fourth-order valence-electron chi connectivity index (χ4n) is 1.67. The lowest BCUT2D eigenvalue weighted by molar-refractivity contribution is 0.169. The molecule has 1 atom stereocenters. The molecular weight excluding hydrogens is 336 g/mol. The van der Waals surface area contributed by atoms with Gasteiger partial charge in [0.15, 0.2) is 0 Å². The molecular formula is C13H12BrF2NOS. The standard InChI is InChI=1S/C13H12BrF2NOS/c14-13-3-8(7-19-13)5-17-6-12(18)10-2-1-9(15)4-11(10)16/h1-4,7,12,17-18H,5-6H2. The van der Waals surface area contributed by atoms with Crippen molar-refractivity contribution < 1.29 is 13.9 Å². The van der Waals surface area contributed by atoms with E-state index < -0.39 is 17.7 Å². The first-order valence-electron chi connectivity index (χ1n) is 5.63. The quantitative estimate of drug-likeness (QED) is 0.865. The molecule has 19 heavy (non-hydrogen) atoms. The van der Waals surface area contributed by atoms with E-state index in [9.17, 15) is 13.9 Å². The van der Waals surface area contributed by atoms with E-state index in [2.05, 4.69) is 21.2 Å². The summed E-state index contributed by atoms with van der Waals surface area (Å²) < 4.78 is 27.2. The second kappa shape index (κ2) is 6.56. The molecule has 0 spiro atoms. The van der Waals surface area contributed by atoms with Gasteiger partial charge in [0.2, 0.25) is 0 Å². The molecule has 0 bridgehead atoms. The van der Waals surface area contributed by atoms with Crippen LogP contribution in [0.2, 0.25) is 0 Å². The Labute approximate surface area is 122 Å². The molecule has 0 aliphatic rings. The van der Waals surface area contributed by atoms with E-state index in [1.807, 2.05) is 11.4 Å². The molecule has 1 heterocycles. The van der Waals surface area contributed by atoms with Crippen LogP contribution in [-0.4, -0.2) is 11.7 Å². The summed E-state index contributed by atoms with van der Waals surface area (Å²) in [6, 6.07) is 5.15. The van der Waals surface area contributed by atoms with E-state index in [0.29, 0.717) is 6.54 Å². The van der Waals surface area contributed by atoms with Gasteiger partial charge in [0, 0.05) is 24.7 Å². The zero-order valence-electron chi connectivity index (χ0n) is 9.87. The summed E-state index contributed by atoms with van der Waals surface area (Å²) in [4.78, 5) is 0. The second-order valence-electron chi connectivity index (χ2n) is 4.07. The normalized spacial score (nSPS) is 12.6. The summed E-state index contributed by atoms with van der Waals surface area (Å²) in [6.07, 6.45) is -0.998. The van der Waals surface area contributed by atoms with Gasteiger partial charge in [0.1, 0.15) is 11.6 Å². The van der Waals surface area contributed by atoms with Crippen molar-refractivity contribution in [1.29, 1.82) is 0 Å². The van der Waals surface area contributed by atoms with Crippen LogP contribution < -0.4 is 5.32 Å². The third kappa shape index (κ3) is 4.07. The number of benzene rings is 1. The van der Waals surface area contributed by atoms with E-state index in [1.165, 1.54) is 6.07 Å². The van der Waals surface area contributed by atoms with Crippen LogP contribution in [0.3, 0.4) is 0 Å². The summed E-state index contributed by atoms with van der Waals surface area (Å²) in [5, 5.41) is 14.9. The van der Waals surface area contributed by atoms with E-state index >= 15 is 0 Å². The molecule has 0 saturated heterocycles. The van der Waals surface area contributed by atoms with Gasteiger partial charge in [-0.25, -0.2) is 8.78 Å². The highest BCUT2D eigenvalue weighted by Crippen LogP contribution is 2.21. The summed E-state index contributed by atoms with van der Waals surface area (Å²) in [5.74, 6) is -1.38. The van der Waals surface area contributed by atoms with Crippen LogP contribution in [0.15, 0.2) is 33.4 Å². The Morgan fingerprint density at radius 3 is 2.74 bits per heavy atom. The first-order valence-corrected chi connectivity index (χ1v) is 7.30. The maximum absolute atomic E-state index is 13.4. The van der Waals surface area contributed by atoms with Crippen LogP contribution in [0.1, 0.15) is 17.2 Å². The average molecular weight is 348 g/mol. The maximum Gasteiger partial charge on any atom is 0.131 e. The van der Waals surface area contributed by atoms with E-state index in [4.69, 9.17) is 0 Å². The van der Waals surface area contributed by atoms with Gasteiger partial charge in [-0.2, -0.15) is 0 Å². The minimum absolute atomic E-state index is 0.0976. The molecule has 1 unspecified atom stereocenters. The first-order chi connectivity index (χ1) is 9.06. The van der Waals surface area contributed by atoms with E-state index in [1.54, 1.807) is 11.3 Å². The lowest BCUT2D eigenvalue weighted by atomic mass is 10.1. The van der Waals surface area contributed by atoms with Crippen LogP contribution in [0.5, 0.6) is 0 Å². The zero-order chi connectivity index (χ0) is 13.8. The minimum Gasteiger partial charge on any atom is -0.387 e. The monoisotopic (exact) mass is 347 g/mol. The van der Waals surface area contributed by atoms with E-state index in [0.717, 1.165) is 21.5 Å². The highest BCUT2D eigenvalue weighted by molar-refractivity contribution is 9.11. The molecule has 0 amide bonds. The Morgan fingerprint density at radius 1 is 1.32 bits per heavy atom. The lowest BCUT2D eigenvalue weighted by Crippen LogP contribution is -2.21. The summed E-state index contributed by atoms with van der Waals surface area (Å²) in [7, 11) is 0. The Hall–Kier alpha value is -0.820. The van der Waals surface area contributed by atoms with Crippen molar-refractivity contribution in [2.24, 2.45) is 0 Å². The fourth-order valence-corrected chi connectivity index (χ4v) is 2.88. The Bertz CT molecular complexity index is 561. The SMILES string of the molecule is OC(CNCc1csc(Br)c1)c1ccc(F)cc1F. The average Bonchev–Trinajstić information content (AvgIpc) is 2.75. The highest BCUT2D eigenvalue weighted by atomic mass is 79.9. The van der Waals surface area contributed by atoms with Crippen LogP contribution in [0, 0.1) is 11.6 Å². The minimum atomic E-state index is -0.998. The van der Waals surface area contributed by atoms with Crippen LogP contribution in [-0.2, 0) is 6.54 Å². The molecule has 0 aliphatic heterocycles. The van der Waals surface area contributed by atoms with E-state index in [-0.39, 0.29) is 12.1 Å². The van der Waals surface area contributed by atoms with Gasteiger partial charge in [-0.15, -0.1) is 11.3 Å². The third-order valence-electron chi connectivity index (χ3n) is 2.61. The molecule has 2 aromatic rings. The smallest absolute Gasteiger partial charge is 0.131 e. The molecule has 2 nitrogen and oxygen atoms in total. The van der Waals surface area contributed by atoms with Crippen molar-refractivity contribution in [2.75, 3.05) is 6.54 Å².